The first-order chi connectivity index (χ1) is 17.5. The average Bonchev–Trinajstić information content (AvgIpc) is 2.88. The number of ether oxygens (including phenoxy) is 4. The Morgan fingerprint density at radius 1 is 0.917 bits per heavy atom. The molecule has 0 aliphatic heterocycles. The zero-order chi connectivity index (χ0) is 25.3. The summed E-state index contributed by atoms with van der Waals surface area (Å²) < 4.78 is 22.6. The van der Waals surface area contributed by atoms with Gasteiger partial charge in [-0.05, 0) is 60.0 Å². The predicted molar refractivity (Wildman–Crippen MR) is 137 cm³/mol. The number of carbonyl (C=O) groups is 1. The van der Waals surface area contributed by atoms with Gasteiger partial charge in [-0.2, -0.15) is 0 Å². The topological polar surface area (TPSA) is 87.1 Å². The van der Waals surface area contributed by atoms with Crippen LogP contribution >= 0.6 is 0 Å². The molecule has 7 heteroatoms. The van der Waals surface area contributed by atoms with E-state index in [-0.39, 0.29) is 6.61 Å². The van der Waals surface area contributed by atoms with Gasteiger partial charge >= 0.3 is 5.97 Å². The van der Waals surface area contributed by atoms with Crippen molar-refractivity contribution in [3.63, 3.8) is 0 Å². The molecule has 0 saturated heterocycles. The Kier molecular flexibility index (Phi) is 8.36. The lowest BCUT2D eigenvalue weighted by atomic mass is 10.1. The van der Waals surface area contributed by atoms with Crippen molar-refractivity contribution >= 4 is 16.9 Å². The lowest BCUT2D eigenvalue weighted by Crippen LogP contribution is -2.12. The number of benzene rings is 3. The molecular weight excluding hydrogens is 458 g/mol. The third-order valence-electron chi connectivity index (χ3n) is 5.64. The Hall–Kier alpha value is -4.10. The number of carboxylic acid groups (broad SMARTS) is 1. The molecule has 1 N–H and O–H groups in total. The molecule has 0 saturated carbocycles. The van der Waals surface area contributed by atoms with Crippen LogP contribution in [0.15, 0.2) is 72.8 Å². The molecule has 0 aliphatic rings. The van der Waals surface area contributed by atoms with Crippen LogP contribution in [-0.4, -0.2) is 36.4 Å². The van der Waals surface area contributed by atoms with E-state index in [1.54, 1.807) is 7.11 Å². The van der Waals surface area contributed by atoms with Crippen molar-refractivity contribution in [3.05, 3.63) is 95.2 Å². The quantitative estimate of drug-likeness (QED) is 0.288. The summed E-state index contributed by atoms with van der Waals surface area (Å²) in [7, 11) is 1.65. The number of para-hydroxylation sites is 1. The van der Waals surface area contributed by atoms with Gasteiger partial charge in [0, 0.05) is 11.8 Å². The zero-order valence-electron chi connectivity index (χ0n) is 20.4. The molecule has 0 unspecified atom stereocenters. The molecule has 4 aromatic rings. The van der Waals surface area contributed by atoms with E-state index in [1.165, 1.54) is 0 Å². The summed E-state index contributed by atoms with van der Waals surface area (Å²) in [4.78, 5) is 15.5. The van der Waals surface area contributed by atoms with Crippen LogP contribution in [0.4, 0.5) is 0 Å². The molecule has 0 spiro atoms. The smallest absolute Gasteiger partial charge is 0.341 e. The second-order valence-corrected chi connectivity index (χ2v) is 8.35. The maximum atomic E-state index is 10.9. The van der Waals surface area contributed by atoms with Crippen LogP contribution in [0.2, 0.25) is 0 Å². The fourth-order valence-electron chi connectivity index (χ4n) is 3.88. The number of nitrogens with zero attached hydrogens (tertiary/aromatic N) is 1. The van der Waals surface area contributed by atoms with E-state index >= 15 is 0 Å². The summed E-state index contributed by atoms with van der Waals surface area (Å²) in [5, 5.41) is 9.95. The van der Waals surface area contributed by atoms with Gasteiger partial charge in [-0.1, -0.05) is 36.4 Å². The molecule has 1 heterocycles. The summed E-state index contributed by atoms with van der Waals surface area (Å²) in [6.07, 6.45) is 0.594. The number of hydrogen-bond donors (Lipinski definition) is 1. The van der Waals surface area contributed by atoms with Crippen molar-refractivity contribution in [1.82, 2.24) is 4.98 Å². The Bertz CT molecular complexity index is 1340. The number of hydrogen-bond acceptors (Lipinski definition) is 6. The first-order valence-electron chi connectivity index (χ1n) is 11.7. The molecule has 0 aliphatic carbocycles. The maximum Gasteiger partial charge on any atom is 0.341 e. The summed E-state index contributed by atoms with van der Waals surface area (Å²) in [6.45, 7) is 2.80. The standard InChI is InChI=1S/C29H29NO6/c1-20-5-3-7-22(29(20)36-19-28(31)32)13-14-35-26-8-4-6-21(15-26)17-34-18-24-10-9-23-16-25(33-2)11-12-27(23)30-24/h3-12,15-16H,13-14,17-19H2,1-2H3,(H,31,32). The minimum absolute atomic E-state index is 0.371. The molecule has 1 aromatic heterocycles. The normalized spacial score (nSPS) is 10.8. The highest BCUT2D eigenvalue weighted by molar-refractivity contribution is 5.80. The number of aryl methyl sites for hydroxylation is 1. The monoisotopic (exact) mass is 487 g/mol. The molecule has 186 valence electrons. The van der Waals surface area contributed by atoms with Crippen LogP contribution in [0.1, 0.15) is 22.4 Å². The number of pyridine rings is 1. The molecule has 0 radical (unpaired) electrons. The highest BCUT2D eigenvalue weighted by Gasteiger charge is 2.10. The third-order valence-corrected chi connectivity index (χ3v) is 5.64. The molecule has 4 rings (SSSR count). The van der Waals surface area contributed by atoms with Gasteiger partial charge in [-0.15, -0.1) is 0 Å². The first kappa shape index (κ1) is 25.0. The van der Waals surface area contributed by atoms with Gasteiger partial charge in [0.2, 0.25) is 0 Å². The summed E-state index contributed by atoms with van der Waals surface area (Å²) in [5.74, 6) is 1.15. The summed E-state index contributed by atoms with van der Waals surface area (Å²) >= 11 is 0. The van der Waals surface area contributed by atoms with Gasteiger partial charge in [0.15, 0.2) is 6.61 Å². The number of methoxy groups -OCH3 is 1. The number of aromatic nitrogens is 1. The number of carboxylic acids is 1. The maximum absolute atomic E-state index is 10.9. The van der Waals surface area contributed by atoms with Crippen LogP contribution in [0.25, 0.3) is 10.9 Å². The van der Waals surface area contributed by atoms with Crippen molar-refractivity contribution in [2.24, 2.45) is 0 Å². The molecule has 0 amide bonds. The van der Waals surface area contributed by atoms with Gasteiger partial charge in [-0.3, -0.25) is 4.98 Å². The minimum Gasteiger partial charge on any atom is -0.497 e. The Morgan fingerprint density at radius 3 is 2.61 bits per heavy atom. The highest BCUT2D eigenvalue weighted by Crippen LogP contribution is 2.25. The van der Waals surface area contributed by atoms with E-state index < -0.39 is 5.97 Å². The van der Waals surface area contributed by atoms with E-state index in [0.29, 0.717) is 32.0 Å². The van der Waals surface area contributed by atoms with Gasteiger partial charge < -0.3 is 24.1 Å². The van der Waals surface area contributed by atoms with E-state index in [2.05, 4.69) is 4.98 Å². The van der Waals surface area contributed by atoms with Gasteiger partial charge in [-0.25, -0.2) is 4.79 Å². The number of rotatable bonds is 12. The molecule has 3 aromatic carbocycles. The average molecular weight is 488 g/mol. The van der Waals surface area contributed by atoms with Gasteiger partial charge in [0.05, 0.1) is 38.1 Å². The second kappa shape index (κ2) is 12.0. The Balaban J connectivity index is 1.29. The Labute approximate surface area is 210 Å². The molecule has 0 atom stereocenters. The van der Waals surface area contributed by atoms with Crippen molar-refractivity contribution in [2.45, 2.75) is 26.6 Å². The molecular formula is C29H29NO6. The fraction of sp³-hybridized carbons (Fsp3) is 0.241. The molecule has 7 nitrogen and oxygen atoms in total. The van der Waals surface area contributed by atoms with Crippen LogP contribution in [0.3, 0.4) is 0 Å². The second-order valence-electron chi connectivity index (χ2n) is 8.35. The van der Waals surface area contributed by atoms with Crippen molar-refractivity contribution < 1.29 is 28.8 Å². The van der Waals surface area contributed by atoms with E-state index in [9.17, 15) is 4.79 Å². The number of aliphatic carboxylic acids is 1. The first-order valence-corrected chi connectivity index (χ1v) is 11.7. The van der Waals surface area contributed by atoms with Crippen molar-refractivity contribution in [3.8, 4) is 17.2 Å². The van der Waals surface area contributed by atoms with Crippen LogP contribution < -0.4 is 14.2 Å². The fourth-order valence-corrected chi connectivity index (χ4v) is 3.88. The summed E-state index contributed by atoms with van der Waals surface area (Å²) in [5.41, 5.74) is 4.57. The van der Waals surface area contributed by atoms with Crippen molar-refractivity contribution in [2.75, 3.05) is 20.3 Å². The number of fused-ring (bicyclic) bond motifs is 1. The van der Waals surface area contributed by atoms with Gasteiger partial charge in [0.25, 0.3) is 0 Å². The highest BCUT2D eigenvalue weighted by atomic mass is 16.5. The van der Waals surface area contributed by atoms with Crippen LogP contribution in [0, 0.1) is 6.92 Å². The molecule has 0 fully saturated rings. The SMILES string of the molecule is COc1ccc2nc(COCc3cccc(OCCc4cccc(C)c4OCC(=O)O)c3)ccc2c1. The predicted octanol–water partition coefficient (Wildman–Crippen LogP) is 5.35. The molecule has 36 heavy (non-hydrogen) atoms. The van der Waals surface area contributed by atoms with E-state index in [0.717, 1.165) is 44.8 Å². The van der Waals surface area contributed by atoms with E-state index in [1.807, 2.05) is 79.7 Å². The zero-order valence-corrected chi connectivity index (χ0v) is 20.4. The molecule has 0 bridgehead atoms. The minimum atomic E-state index is -1.00. The summed E-state index contributed by atoms with van der Waals surface area (Å²) in [6, 6.07) is 23.3. The third kappa shape index (κ3) is 6.73. The Morgan fingerprint density at radius 2 is 1.78 bits per heavy atom. The lowest BCUT2D eigenvalue weighted by Gasteiger charge is -2.14. The van der Waals surface area contributed by atoms with Crippen LogP contribution in [-0.2, 0) is 29.2 Å². The van der Waals surface area contributed by atoms with Crippen LogP contribution in [0.5, 0.6) is 17.2 Å². The van der Waals surface area contributed by atoms with Gasteiger partial charge in [0.1, 0.15) is 17.2 Å². The largest absolute Gasteiger partial charge is 0.497 e. The van der Waals surface area contributed by atoms with E-state index in [4.69, 9.17) is 24.1 Å². The lowest BCUT2D eigenvalue weighted by molar-refractivity contribution is -0.139. The van der Waals surface area contributed by atoms with Crippen molar-refractivity contribution in [1.29, 1.82) is 0 Å².